The van der Waals surface area contributed by atoms with E-state index < -0.39 is 29.5 Å². The number of rotatable bonds is 7. The van der Waals surface area contributed by atoms with Crippen molar-refractivity contribution in [2.75, 3.05) is 33.2 Å². The number of piperazine rings is 1. The van der Waals surface area contributed by atoms with E-state index in [1.807, 2.05) is 24.3 Å². The lowest BCUT2D eigenvalue weighted by atomic mass is 10.1. The Labute approximate surface area is 292 Å². The number of hydrogen-bond acceptors (Lipinski definition) is 5. The van der Waals surface area contributed by atoms with Crippen molar-refractivity contribution in [2.24, 2.45) is 0 Å². The van der Waals surface area contributed by atoms with Crippen LogP contribution >= 0.6 is 0 Å². The van der Waals surface area contributed by atoms with Crippen LogP contribution in [0.2, 0.25) is 0 Å². The molecule has 1 fully saturated rings. The fourth-order valence-corrected chi connectivity index (χ4v) is 6.52. The van der Waals surface area contributed by atoms with E-state index in [-0.39, 0.29) is 28.7 Å². The number of nitrogens with one attached hydrogen (secondary N) is 1. The van der Waals surface area contributed by atoms with Gasteiger partial charge in [0.1, 0.15) is 18.3 Å². The summed E-state index contributed by atoms with van der Waals surface area (Å²) in [6, 6.07) is 22.5. The van der Waals surface area contributed by atoms with Gasteiger partial charge in [0.15, 0.2) is 0 Å². The number of nitrogens with zero attached hydrogens (tertiary/aromatic N) is 7. The van der Waals surface area contributed by atoms with Gasteiger partial charge in [0.25, 0.3) is 0 Å². The number of amides is 2. The minimum Gasteiger partial charge on any atom is -0.330 e. The van der Waals surface area contributed by atoms with E-state index in [4.69, 9.17) is 0 Å². The number of benzene rings is 3. The monoisotopic (exact) mass is 697 g/mol. The second-order valence-corrected chi connectivity index (χ2v) is 12.9. The molecule has 1 saturated heterocycles. The third-order valence-electron chi connectivity index (χ3n) is 9.29. The summed E-state index contributed by atoms with van der Waals surface area (Å²) >= 11 is 0. The van der Waals surface area contributed by atoms with Crippen LogP contribution in [-0.2, 0) is 17.5 Å². The second-order valence-electron chi connectivity index (χ2n) is 12.9. The molecular weight excluding hydrogens is 661 g/mol. The summed E-state index contributed by atoms with van der Waals surface area (Å²) in [6.45, 7) is 6.25. The van der Waals surface area contributed by atoms with Crippen LogP contribution < -0.4 is 11.0 Å². The standard InChI is InChI=1S/C37H35F3N8O3/c1-25(34(49)44-18-20-48(3,21-19-44)24-28-8-5-4-6-9-28)43-35(50)46-33(32-16-17-42-47(32)30-14-12-27(23-41)13-15-30)26(2)45(36(46)51)31-11-7-10-29(22-31)37(38,39)40/h4-17,22,25H,18-21,24H2,1-3H3/p+1. The van der Waals surface area contributed by atoms with Gasteiger partial charge in [0, 0.05) is 5.56 Å². The first-order valence-electron chi connectivity index (χ1n) is 16.3. The van der Waals surface area contributed by atoms with Crippen LogP contribution in [0.3, 0.4) is 0 Å². The Morgan fingerprint density at radius 3 is 2.31 bits per heavy atom. The molecule has 1 aliphatic heterocycles. The zero-order chi connectivity index (χ0) is 36.5. The minimum absolute atomic E-state index is 0.0587. The third-order valence-corrected chi connectivity index (χ3v) is 9.29. The molecule has 11 nitrogen and oxygen atoms in total. The fraction of sp³-hybridized carbons (Fsp3) is 0.270. The van der Waals surface area contributed by atoms with Crippen molar-refractivity contribution in [3.8, 4) is 28.8 Å². The summed E-state index contributed by atoms with van der Waals surface area (Å²) in [5.74, 6) is -0.319. The van der Waals surface area contributed by atoms with E-state index in [2.05, 4.69) is 29.6 Å². The van der Waals surface area contributed by atoms with E-state index >= 15 is 0 Å². The summed E-state index contributed by atoms with van der Waals surface area (Å²) in [5.41, 5.74) is 0.617. The Hall–Kier alpha value is -5.94. The Bertz CT molecular complexity index is 2170. The number of aromatic nitrogens is 4. The van der Waals surface area contributed by atoms with Crippen molar-refractivity contribution in [2.45, 2.75) is 32.6 Å². The Morgan fingerprint density at radius 2 is 1.67 bits per heavy atom. The van der Waals surface area contributed by atoms with Gasteiger partial charge >= 0.3 is 17.9 Å². The first-order chi connectivity index (χ1) is 24.3. The lowest BCUT2D eigenvalue weighted by Crippen LogP contribution is -2.60. The van der Waals surface area contributed by atoms with Gasteiger partial charge in [-0.05, 0) is 62.4 Å². The quantitative estimate of drug-likeness (QED) is 0.237. The molecule has 0 radical (unpaired) electrons. The molecule has 51 heavy (non-hydrogen) atoms. The molecule has 1 aliphatic rings. The first-order valence-corrected chi connectivity index (χ1v) is 16.3. The predicted octanol–water partition coefficient (Wildman–Crippen LogP) is 5.13. The molecular formula is C37H36F3N8O3+. The molecule has 0 saturated carbocycles. The first kappa shape index (κ1) is 34.9. The van der Waals surface area contributed by atoms with Crippen LogP contribution in [0, 0.1) is 18.3 Å². The molecule has 262 valence electrons. The molecule has 2 aromatic heterocycles. The topological polar surface area (TPSA) is 118 Å². The minimum atomic E-state index is -4.67. The number of imidazole rings is 1. The molecule has 6 rings (SSSR count). The summed E-state index contributed by atoms with van der Waals surface area (Å²) in [6.07, 6.45) is -3.22. The van der Waals surface area contributed by atoms with Crippen molar-refractivity contribution in [1.29, 1.82) is 5.26 Å². The Balaban J connectivity index is 1.32. The van der Waals surface area contributed by atoms with Crippen LogP contribution in [0.25, 0.3) is 22.8 Å². The fourth-order valence-electron chi connectivity index (χ4n) is 6.52. The smallest absolute Gasteiger partial charge is 0.330 e. The van der Waals surface area contributed by atoms with Crippen molar-refractivity contribution in [3.05, 3.63) is 124 Å². The lowest BCUT2D eigenvalue weighted by Gasteiger charge is -2.42. The molecule has 0 aliphatic carbocycles. The average Bonchev–Trinajstić information content (AvgIpc) is 3.69. The highest BCUT2D eigenvalue weighted by atomic mass is 19.4. The van der Waals surface area contributed by atoms with Gasteiger partial charge in [0.05, 0.1) is 79.4 Å². The van der Waals surface area contributed by atoms with Crippen molar-refractivity contribution >= 4 is 11.9 Å². The highest BCUT2D eigenvalue weighted by Crippen LogP contribution is 2.32. The molecule has 3 aromatic carbocycles. The van der Waals surface area contributed by atoms with Gasteiger partial charge in [-0.15, -0.1) is 0 Å². The van der Waals surface area contributed by atoms with Crippen molar-refractivity contribution in [1.82, 2.24) is 29.1 Å². The normalized spacial score (nSPS) is 14.9. The van der Waals surface area contributed by atoms with Gasteiger partial charge in [-0.3, -0.25) is 9.36 Å². The van der Waals surface area contributed by atoms with E-state index in [0.29, 0.717) is 37.4 Å². The van der Waals surface area contributed by atoms with E-state index in [9.17, 15) is 32.8 Å². The molecule has 5 aromatic rings. The van der Waals surface area contributed by atoms with Gasteiger partial charge in [-0.25, -0.2) is 18.8 Å². The zero-order valence-corrected chi connectivity index (χ0v) is 28.3. The molecule has 1 unspecified atom stereocenters. The third kappa shape index (κ3) is 7.06. The number of quaternary nitrogens is 1. The number of alkyl halides is 3. The maximum atomic E-state index is 14.1. The van der Waals surface area contributed by atoms with Crippen LogP contribution in [0.5, 0.6) is 0 Å². The second kappa shape index (κ2) is 13.8. The number of halogens is 3. The van der Waals surface area contributed by atoms with E-state index in [1.165, 1.54) is 42.4 Å². The number of likely N-dealkylation sites (N-methyl/N-ethyl adjacent to an activating group) is 1. The number of hydrogen-bond donors (Lipinski definition) is 1. The predicted molar refractivity (Wildman–Crippen MR) is 183 cm³/mol. The van der Waals surface area contributed by atoms with Gasteiger partial charge < -0.3 is 14.7 Å². The van der Waals surface area contributed by atoms with Crippen molar-refractivity contribution in [3.63, 3.8) is 0 Å². The van der Waals surface area contributed by atoms with Crippen LogP contribution in [-0.4, -0.2) is 79.5 Å². The molecule has 2 amide bonds. The Kier molecular flexibility index (Phi) is 9.42. The maximum Gasteiger partial charge on any atom is 0.416 e. The van der Waals surface area contributed by atoms with Crippen LogP contribution in [0.1, 0.15) is 29.3 Å². The summed E-state index contributed by atoms with van der Waals surface area (Å²) in [4.78, 5) is 43.5. The lowest BCUT2D eigenvalue weighted by molar-refractivity contribution is -0.926. The molecule has 0 bridgehead atoms. The van der Waals surface area contributed by atoms with Gasteiger partial charge in [-0.2, -0.15) is 23.5 Å². The molecule has 1 N–H and O–H groups in total. The zero-order valence-electron chi connectivity index (χ0n) is 28.3. The molecule has 0 spiro atoms. The molecule has 14 heteroatoms. The van der Waals surface area contributed by atoms with E-state index in [1.54, 1.807) is 35.2 Å². The highest BCUT2D eigenvalue weighted by Gasteiger charge is 2.35. The summed E-state index contributed by atoms with van der Waals surface area (Å²) in [5, 5.41) is 16.3. The largest absolute Gasteiger partial charge is 0.416 e. The van der Waals surface area contributed by atoms with Crippen molar-refractivity contribution < 1.29 is 27.2 Å². The number of nitriles is 1. The van der Waals surface area contributed by atoms with E-state index in [0.717, 1.165) is 32.3 Å². The SMILES string of the molecule is Cc1c(-c2ccnn2-c2ccc(C#N)cc2)n(C(=O)NC(C)C(=O)N2CC[N+](C)(Cc3ccccc3)CC2)c(=O)n1-c1cccc(C(F)(F)F)c1. The summed E-state index contributed by atoms with van der Waals surface area (Å²) in [7, 11) is 2.15. The molecule has 3 heterocycles. The maximum absolute atomic E-state index is 14.1. The Morgan fingerprint density at radius 1 is 0.980 bits per heavy atom. The highest BCUT2D eigenvalue weighted by molar-refractivity contribution is 5.89. The number of carbonyl (C=O) groups excluding carboxylic acids is 2. The van der Waals surface area contributed by atoms with Gasteiger partial charge in [-0.1, -0.05) is 36.4 Å². The van der Waals surface area contributed by atoms with Crippen LogP contribution in [0.15, 0.2) is 95.9 Å². The number of carbonyl (C=O) groups is 2. The van der Waals surface area contributed by atoms with Crippen LogP contribution in [0.4, 0.5) is 18.0 Å². The molecule has 1 atom stereocenters. The average molecular weight is 698 g/mol. The summed E-state index contributed by atoms with van der Waals surface area (Å²) < 4.78 is 45.2. The van der Waals surface area contributed by atoms with Gasteiger partial charge in [0.2, 0.25) is 5.91 Å².